The van der Waals surface area contributed by atoms with Crippen molar-refractivity contribution in [3.63, 3.8) is 0 Å². The van der Waals surface area contributed by atoms with Gasteiger partial charge in [0.05, 0.1) is 7.11 Å². The van der Waals surface area contributed by atoms with E-state index in [1.54, 1.807) is 12.1 Å². The highest BCUT2D eigenvalue weighted by Gasteiger charge is 2.10. The normalized spacial score (nSPS) is 10.1. The van der Waals surface area contributed by atoms with E-state index in [0.29, 0.717) is 11.1 Å². The summed E-state index contributed by atoms with van der Waals surface area (Å²) >= 11 is 0. The Morgan fingerprint density at radius 3 is 2.88 bits per heavy atom. The van der Waals surface area contributed by atoms with Crippen molar-refractivity contribution in [1.82, 2.24) is 9.97 Å². The molecule has 0 saturated heterocycles. The van der Waals surface area contributed by atoms with Gasteiger partial charge in [0.2, 0.25) is 0 Å². The number of benzene rings is 1. The Labute approximate surface area is 90.7 Å². The maximum Gasteiger partial charge on any atom is 0.344 e. The molecule has 82 valence electrons. The molecule has 2 aromatic rings. The summed E-state index contributed by atoms with van der Waals surface area (Å²) in [5.74, 6) is -0.317. The van der Waals surface area contributed by atoms with Gasteiger partial charge in [0, 0.05) is 23.5 Å². The number of aromatic amines is 1. The number of H-pyrrole nitrogens is 1. The first kappa shape index (κ1) is 10.4. The Kier molecular flexibility index (Phi) is 2.68. The van der Waals surface area contributed by atoms with Gasteiger partial charge in [-0.1, -0.05) is 12.1 Å². The monoisotopic (exact) mass is 220 g/mol. The molecular formula is C11H9FN2O2. The zero-order valence-electron chi connectivity index (χ0n) is 8.53. The van der Waals surface area contributed by atoms with Crippen LogP contribution in [0.1, 0.15) is 0 Å². The Morgan fingerprint density at radius 1 is 1.44 bits per heavy atom. The van der Waals surface area contributed by atoms with Gasteiger partial charge in [0.25, 0.3) is 0 Å². The van der Waals surface area contributed by atoms with E-state index in [1.165, 1.54) is 25.6 Å². The van der Waals surface area contributed by atoms with Gasteiger partial charge >= 0.3 is 5.69 Å². The average molecular weight is 220 g/mol. The third-order valence-electron chi connectivity index (χ3n) is 2.17. The van der Waals surface area contributed by atoms with Crippen LogP contribution >= 0.6 is 0 Å². The van der Waals surface area contributed by atoms with E-state index in [2.05, 4.69) is 9.97 Å². The van der Waals surface area contributed by atoms with Crippen LogP contribution < -0.4 is 10.4 Å². The zero-order chi connectivity index (χ0) is 11.5. The maximum atomic E-state index is 13.8. The third-order valence-corrected chi connectivity index (χ3v) is 2.17. The Hall–Kier alpha value is -2.17. The van der Waals surface area contributed by atoms with Gasteiger partial charge in [-0.2, -0.15) is 0 Å². The number of nitrogens with one attached hydrogen (secondary N) is 1. The third kappa shape index (κ3) is 1.79. The molecular weight excluding hydrogens is 211 g/mol. The fourth-order valence-electron chi connectivity index (χ4n) is 1.38. The molecule has 1 heterocycles. The molecule has 1 aromatic heterocycles. The molecule has 0 fully saturated rings. The van der Waals surface area contributed by atoms with Crippen LogP contribution in [-0.2, 0) is 0 Å². The largest absolute Gasteiger partial charge is 0.494 e. The van der Waals surface area contributed by atoms with Crippen molar-refractivity contribution in [3.8, 4) is 16.9 Å². The van der Waals surface area contributed by atoms with Crippen LogP contribution in [0.5, 0.6) is 5.75 Å². The molecule has 0 aliphatic carbocycles. The molecule has 0 aliphatic heterocycles. The first-order chi connectivity index (χ1) is 7.72. The molecule has 0 bridgehead atoms. The van der Waals surface area contributed by atoms with Gasteiger partial charge in [-0.25, -0.2) is 14.2 Å². The SMILES string of the molecule is COc1cccc(-c2cnc(=O)[nH]c2)c1F. The summed E-state index contributed by atoms with van der Waals surface area (Å²) in [7, 11) is 1.40. The molecule has 0 unspecified atom stereocenters. The lowest BCUT2D eigenvalue weighted by Gasteiger charge is -2.06. The van der Waals surface area contributed by atoms with Gasteiger partial charge in [-0.3, -0.25) is 0 Å². The van der Waals surface area contributed by atoms with Crippen molar-refractivity contribution >= 4 is 0 Å². The highest BCUT2D eigenvalue weighted by atomic mass is 19.1. The fourth-order valence-corrected chi connectivity index (χ4v) is 1.38. The number of hydrogen-bond acceptors (Lipinski definition) is 3. The number of nitrogens with zero attached hydrogens (tertiary/aromatic N) is 1. The summed E-state index contributed by atoms with van der Waals surface area (Å²) in [5.41, 5.74) is 0.367. The van der Waals surface area contributed by atoms with Gasteiger partial charge in [-0.15, -0.1) is 0 Å². The molecule has 16 heavy (non-hydrogen) atoms. The van der Waals surface area contributed by atoms with Crippen LogP contribution in [-0.4, -0.2) is 17.1 Å². The number of rotatable bonds is 2. The van der Waals surface area contributed by atoms with Gasteiger partial charge in [0.15, 0.2) is 11.6 Å². The Bertz CT molecular complexity index is 546. The van der Waals surface area contributed by atoms with Crippen molar-refractivity contribution in [2.45, 2.75) is 0 Å². The molecule has 1 N–H and O–H groups in total. The first-order valence-electron chi connectivity index (χ1n) is 4.60. The summed E-state index contributed by atoms with van der Waals surface area (Å²) in [5, 5.41) is 0. The van der Waals surface area contributed by atoms with E-state index in [1.807, 2.05) is 0 Å². The molecule has 0 saturated carbocycles. The van der Waals surface area contributed by atoms with Gasteiger partial charge < -0.3 is 9.72 Å². The molecule has 0 spiro atoms. The fraction of sp³-hybridized carbons (Fsp3) is 0.0909. The van der Waals surface area contributed by atoms with Crippen molar-refractivity contribution in [2.75, 3.05) is 7.11 Å². The molecule has 0 radical (unpaired) electrons. The molecule has 5 heteroatoms. The van der Waals surface area contributed by atoms with Crippen LogP contribution in [0.15, 0.2) is 35.4 Å². The van der Waals surface area contributed by atoms with Gasteiger partial charge in [0.1, 0.15) is 0 Å². The Balaban J connectivity index is 2.56. The van der Waals surface area contributed by atoms with Crippen molar-refractivity contribution in [3.05, 3.63) is 46.9 Å². The van der Waals surface area contributed by atoms with Crippen LogP contribution in [0, 0.1) is 5.82 Å². The van der Waals surface area contributed by atoms with Crippen molar-refractivity contribution < 1.29 is 9.13 Å². The minimum absolute atomic E-state index is 0.156. The molecule has 2 rings (SSSR count). The average Bonchev–Trinajstić information content (AvgIpc) is 2.31. The molecule has 0 aliphatic rings. The quantitative estimate of drug-likeness (QED) is 0.836. The topological polar surface area (TPSA) is 55.0 Å². The van der Waals surface area contributed by atoms with Crippen molar-refractivity contribution in [1.29, 1.82) is 0 Å². The van der Waals surface area contributed by atoms with Gasteiger partial charge in [-0.05, 0) is 6.07 Å². The molecule has 0 amide bonds. The summed E-state index contributed by atoms with van der Waals surface area (Å²) in [6, 6.07) is 4.79. The minimum Gasteiger partial charge on any atom is -0.494 e. The number of aromatic nitrogens is 2. The zero-order valence-corrected chi connectivity index (χ0v) is 8.53. The van der Waals surface area contributed by atoms with E-state index < -0.39 is 11.5 Å². The van der Waals surface area contributed by atoms with Crippen molar-refractivity contribution in [2.24, 2.45) is 0 Å². The smallest absolute Gasteiger partial charge is 0.344 e. The van der Waals surface area contributed by atoms with E-state index in [0.717, 1.165) is 0 Å². The number of ether oxygens (including phenoxy) is 1. The highest BCUT2D eigenvalue weighted by molar-refractivity contribution is 5.64. The predicted molar refractivity (Wildman–Crippen MR) is 56.8 cm³/mol. The lowest BCUT2D eigenvalue weighted by molar-refractivity contribution is 0.387. The number of halogens is 1. The van der Waals surface area contributed by atoms with Crippen LogP contribution in [0.2, 0.25) is 0 Å². The second-order valence-electron chi connectivity index (χ2n) is 3.13. The van der Waals surface area contributed by atoms with Crippen LogP contribution in [0.4, 0.5) is 4.39 Å². The standard InChI is InChI=1S/C11H9FN2O2/c1-16-9-4-2-3-8(10(9)12)7-5-13-11(15)14-6-7/h2-6H,1H3,(H,13,14,15). The van der Waals surface area contributed by atoms with E-state index in [9.17, 15) is 9.18 Å². The second kappa shape index (κ2) is 4.14. The van der Waals surface area contributed by atoms with Crippen LogP contribution in [0.25, 0.3) is 11.1 Å². The lowest BCUT2D eigenvalue weighted by Crippen LogP contribution is -2.08. The lowest BCUT2D eigenvalue weighted by atomic mass is 10.1. The first-order valence-corrected chi connectivity index (χ1v) is 4.60. The van der Waals surface area contributed by atoms with E-state index in [4.69, 9.17) is 4.74 Å². The summed E-state index contributed by atoms with van der Waals surface area (Å²) < 4.78 is 18.7. The van der Waals surface area contributed by atoms with Crippen LogP contribution in [0.3, 0.4) is 0 Å². The summed E-state index contributed by atoms with van der Waals surface area (Å²) in [6.45, 7) is 0. The maximum absolute atomic E-state index is 13.8. The summed E-state index contributed by atoms with van der Waals surface area (Å²) in [4.78, 5) is 16.7. The highest BCUT2D eigenvalue weighted by Crippen LogP contribution is 2.27. The van der Waals surface area contributed by atoms with E-state index in [-0.39, 0.29) is 5.75 Å². The predicted octanol–water partition coefficient (Wildman–Crippen LogP) is 1.58. The van der Waals surface area contributed by atoms with E-state index >= 15 is 0 Å². The molecule has 1 aromatic carbocycles. The number of methoxy groups -OCH3 is 1. The molecule has 0 atom stereocenters. The summed E-state index contributed by atoms with van der Waals surface area (Å²) in [6.07, 6.45) is 2.73. The number of hydrogen-bond donors (Lipinski definition) is 1. The Morgan fingerprint density at radius 2 is 2.25 bits per heavy atom. The minimum atomic E-state index is -0.473. The molecule has 4 nitrogen and oxygen atoms in total. The second-order valence-corrected chi connectivity index (χ2v) is 3.13.